The van der Waals surface area contributed by atoms with Crippen LogP contribution in [0.15, 0.2) is 15.9 Å². The normalized spacial score (nSPS) is 21.8. The van der Waals surface area contributed by atoms with Gasteiger partial charge in [-0.2, -0.15) is 0 Å². The van der Waals surface area contributed by atoms with Crippen LogP contribution < -0.4 is 5.32 Å². The molecule has 2 aromatic heterocycles. The smallest absolute Gasteiger partial charge is 0.260 e. The minimum absolute atomic E-state index is 0.182. The number of anilines is 1. The Bertz CT molecular complexity index is 714. The zero-order valence-electron chi connectivity index (χ0n) is 14.5. The Morgan fingerprint density at radius 3 is 2.71 bits per heavy atom. The van der Waals surface area contributed by atoms with Crippen molar-refractivity contribution in [2.45, 2.75) is 46.4 Å². The summed E-state index contributed by atoms with van der Waals surface area (Å²) in [5.41, 5.74) is 1.52. The van der Waals surface area contributed by atoms with Crippen LogP contribution in [0.5, 0.6) is 0 Å². The first-order valence-electron chi connectivity index (χ1n) is 8.11. The molecule has 0 aromatic carbocycles. The maximum absolute atomic E-state index is 12.3. The number of nitrogens with one attached hydrogen (secondary N) is 1. The van der Waals surface area contributed by atoms with E-state index in [4.69, 9.17) is 9.15 Å². The predicted molar refractivity (Wildman–Crippen MR) is 93.5 cm³/mol. The summed E-state index contributed by atoms with van der Waals surface area (Å²) < 4.78 is 11.2. The Hall–Kier alpha value is -1.70. The third-order valence-corrected chi connectivity index (χ3v) is 4.75. The average molecular weight is 349 g/mol. The van der Waals surface area contributed by atoms with Crippen molar-refractivity contribution < 1.29 is 13.9 Å². The Morgan fingerprint density at radius 2 is 2.08 bits per heavy atom. The van der Waals surface area contributed by atoms with Gasteiger partial charge in [-0.15, -0.1) is 11.3 Å². The van der Waals surface area contributed by atoms with Crippen molar-refractivity contribution in [2.24, 2.45) is 0 Å². The van der Waals surface area contributed by atoms with Gasteiger partial charge in [-0.05, 0) is 33.8 Å². The number of aryl methyl sites for hydroxylation is 2. The minimum atomic E-state index is -0.182. The largest absolute Gasteiger partial charge is 0.466 e. The molecule has 1 saturated heterocycles. The topological polar surface area (TPSA) is 67.6 Å². The van der Waals surface area contributed by atoms with Crippen molar-refractivity contribution >= 4 is 22.4 Å². The summed E-state index contributed by atoms with van der Waals surface area (Å²) >= 11 is 1.44. The number of aromatic nitrogens is 1. The summed E-state index contributed by atoms with van der Waals surface area (Å²) in [6.07, 6.45) is 0.470. The fourth-order valence-corrected chi connectivity index (χ4v) is 3.80. The molecule has 1 aliphatic rings. The molecule has 1 aliphatic heterocycles. The van der Waals surface area contributed by atoms with Gasteiger partial charge in [-0.25, -0.2) is 4.98 Å². The highest BCUT2D eigenvalue weighted by Crippen LogP contribution is 2.21. The van der Waals surface area contributed by atoms with E-state index < -0.39 is 0 Å². The van der Waals surface area contributed by atoms with Crippen LogP contribution >= 0.6 is 11.3 Å². The van der Waals surface area contributed by atoms with Gasteiger partial charge in [-0.1, -0.05) is 0 Å². The molecular formula is C17H23N3O3S. The quantitative estimate of drug-likeness (QED) is 0.918. The van der Waals surface area contributed by atoms with Gasteiger partial charge in [-0.3, -0.25) is 15.0 Å². The molecule has 0 bridgehead atoms. The third-order valence-electron chi connectivity index (χ3n) is 3.94. The molecule has 1 amide bonds. The van der Waals surface area contributed by atoms with Crippen molar-refractivity contribution in [1.82, 2.24) is 9.88 Å². The van der Waals surface area contributed by atoms with Crippen molar-refractivity contribution in [3.63, 3.8) is 0 Å². The first-order chi connectivity index (χ1) is 11.4. The minimum Gasteiger partial charge on any atom is -0.466 e. The first kappa shape index (κ1) is 17.1. The van der Waals surface area contributed by atoms with E-state index in [-0.39, 0.29) is 18.1 Å². The van der Waals surface area contributed by atoms with Gasteiger partial charge in [0.1, 0.15) is 11.5 Å². The Kier molecular flexibility index (Phi) is 5.03. The van der Waals surface area contributed by atoms with Gasteiger partial charge in [0, 0.05) is 25.0 Å². The van der Waals surface area contributed by atoms with Gasteiger partial charge >= 0.3 is 0 Å². The first-order valence-corrected chi connectivity index (χ1v) is 8.99. The number of ether oxygens (including phenoxy) is 1. The Labute approximate surface area is 145 Å². The number of amides is 1. The molecule has 0 saturated carbocycles. The van der Waals surface area contributed by atoms with Crippen molar-refractivity contribution in [2.75, 3.05) is 18.4 Å². The fraction of sp³-hybridized carbons (Fsp3) is 0.529. The second-order valence-corrected chi connectivity index (χ2v) is 7.23. The lowest BCUT2D eigenvalue weighted by Gasteiger charge is -2.34. The zero-order valence-corrected chi connectivity index (χ0v) is 15.3. The molecule has 130 valence electrons. The van der Waals surface area contributed by atoms with Gasteiger partial charge in [0.25, 0.3) is 5.91 Å². The van der Waals surface area contributed by atoms with E-state index in [1.54, 1.807) is 13.0 Å². The molecule has 2 aromatic rings. The van der Waals surface area contributed by atoms with Crippen molar-refractivity contribution in [3.05, 3.63) is 34.2 Å². The standard InChI is InChI=1S/C17H23N3O3S/c1-10-5-15(13(4)23-10)16(21)19-17-18-14(9-24-17)8-20-6-11(2)22-12(3)7-20/h5,9,11-12H,6-8H2,1-4H3,(H,18,19,21). The summed E-state index contributed by atoms with van der Waals surface area (Å²) in [5, 5.41) is 5.46. The molecular weight excluding hydrogens is 326 g/mol. The molecule has 0 radical (unpaired) electrons. The van der Waals surface area contributed by atoms with E-state index in [9.17, 15) is 4.79 Å². The van der Waals surface area contributed by atoms with E-state index in [2.05, 4.69) is 29.0 Å². The van der Waals surface area contributed by atoms with E-state index in [1.807, 2.05) is 12.3 Å². The molecule has 24 heavy (non-hydrogen) atoms. The number of rotatable bonds is 4. The maximum atomic E-state index is 12.3. The number of morpholine rings is 1. The lowest BCUT2D eigenvalue weighted by atomic mass is 10.2. The Balaban J connectivity index is 1.61. The molecule has 3 rings (SSSR count). The van der Waals surface area contributed by atoms with Crippen molar-refractivity contribution in [3.8, 4) is 0 Å². The second kappa shape index (κ2) is 7.04. The number of thiazole rings is 1. The molecule has 0 aliphatic carbocycles. The van der Waals surface area contributed by atoms with Gasteiger partial charge in [0.05, 0.1) is 23.5 Å². The average Bonchev–Trinajstić information content (AvgIpc) is 3.04. The lowest BCUT2D eigenvalue weighted by Crippen LogP contribution is -2.44. The molecule has 1 N–H and O–H groups in total. The number of carbonyl (C=O) groups is 1. The van der Waals surface area contributed by atoms with Gasteiger partial charge < -0.3 is 9.15 Å². The fourth-order valence-electron chi connectivity index (χ4n) is 3.10. The zero-order chi connectivity index (χ0) is 17.3. The lowest BCUT2D eigenvalue weighted by molar-refractivity contribution is -0.0707. The van der Waals surface area contributed by atoms with Crippen LogP contribution in [-0.4, -0.2) is 41.1 Å². The maximum Gasteiger partial charge on any atom is 0.260 e. The highest BCUT2D eigenvalue weighted by Gasteiger charge is 2.23. The van der Waals surface area contributed by atoms with Crippen LogP contribution in [0.25, 0.3) is 0 Å². The van der Waals surface area contributed by atoms with E-state index in [0.717, 1.165) is 31.1 Å². The number of nitrogens with zero attached hydrogens (tertiary/aromatic N) is 2. The highest BCUT2D eigenvalue weighted by molar-refractivity contribution is 7.13. The molecule has 6 nitrogen and oxygen atoms in total. The molecule has 1 fully saturated rings. The number of hydrogen-bond acceptors (Lipinski definition) is 6. The summed E-state index contributed by atoms with van der Waals surface area (Å²) in [6.45, 7) is 10.4. The summed E-state index contributed by atoms with van der Waals surface area (Å²) in [6, 6.07) is 1.75. The Morgan fingerprint density at radius 1 is 1.38 bits per heavy atom. The summed E-state index contributed by atoms with van der Waals surface area (Å²) in [7, 11) is 0. The third kappa shape index (κ3) is 4.03. The number of hydrogen-bond donors (Lipinski definition) is 1. The van der Waals surface area contributed by atoms with Crippen LogP contribution in [0.1, 0.15) is 41.4 Å². The van der Waals surface area contributed by atoms with Gasteiger partial charge in [0.2, 0.25) is 0 Å². The highest BCUT2D eigenvalue weighted by atomic mass is 32.1. The SMILES string of the molecule is Cc1cc(C(=O)Nc2nc(CN3CC(C)OC(C)C3)cs2)c(C)o1. The summed E-state index contributed by atoms with van der Waals surface area (Å²) in [4.78, 5) is 19.2. The van der Waals surface area contributed by atoms with E-state index in [1.165, 1.54) is 11.3 Å². The van der Waals surface area contributed by atoms with Crippen LogP contribution in [0.3, 0.4) is 0 Å². The van der Waals surface area contributed by atoms with Gasteiger partial charge in [0.15, 0.2) is 5.13 Å². The molecule has 2 atom stereocenters. The van der Waals surface area contributed by atoms with E-state index >= 15 is 0 Å². The molecule has 2 unspecified atom stereocenters. The number of furan rings is 1. The predicted octanol–water partition coefficient (Wildman–Crippen LogP) is 3.21. The monoisotopic (exact) mass is 349 g/mol. The summed E-state index contributed by atoms with van der Waals surface area (Å²) in [5.74, 6) is 1.17. The van der Waals surface area contributed by atoms with Crippen LogP contribution in [0, 0.1) is 13.8 Å². The number of carbonyl (C=O) groups excluding carboxylic acids is 1. The second-order valence-electron chi connectivity index (χ2n) is 6.38. The molecule has 0 spiro atoms. The van der Waals surface area contributed by atoms with E-state index in [0.29, 0.717) is 16.5 Å². The molecule has 3 heterocycles. The molecule has 7 heteroatoms. The van der Waals surface area contributed by atoms with Crippen LogP contribution in [0.4, 0.5) is 5.13 Å². The van der Waals surface area contributed by atoms with Crippen LogP contribution in [0.2, 0.25) is 0 Å². The van der Waals surface area contributed by atoms with Crippen molar-refractivity contribution in [1.29, 1.82) is 0 Å². The van der Waals surface area contributed by atoms with Crippen LogP contribution in [-0.2, 0) is 11.3 Å².